The molecule has 2 aromatic carbocycles. The summed E-state index contributed by atoms with van der Waals surface area (Å²) in [6, 6.07) is 15.2. The Balaban J connectivity index is 1.74. The molecular weight excluding hydrogens is 276 g/mol. The van der Waals surface area contributed by atoms with Crippen LogP contribution in [0.1, 0.15) is 57.4 Å². The third-order valence-corrected chi connectivity index (χ3v) is 4.51. The molecule has 0 saturated heterocycles. The van der Waals surface area contributed by atoms with Crippen LogP contribution in [-0.2, 0) is 6.42 Å². The van der Waals surface area contributed by atoms with Crippen LogP contribution in [0.3, 0.4) is 0 Å². The molecule has 0 aliphatic heterocycles. The van der Waals surface area contributed by atoms with Gasteiger partial charge in [0.2, 0.25) is 0 Å². The maximum absolute atomic E-state index is 6.51. The van der Waals surface area contributed by atoms with Crippen LogP contribution < -0.4 is 0 Å². The van der Waals surface area contributed by atoms with Gasteiger partial charge in [0.05, 0.1) is 0 Å². The van der Waals surface area contributed by atoms with E-state index in [2.05, 4.69) is 49.4 Å². The Bertz CT molecular complexity index is 532. The molecule has 0 spiro atoms. The predicted octanol–water partition coefficient (Wildman–Crippen LogP) is 6.74. The average Bonchev–Trinajstić information content (AvgIpc) is 2.50. The van der Waals surface area contributed by atoms with E-state index in [1.165, 1.54) is 54.9 Å². The van der Waals surface area contributed by atoms with E-state index in [-0.39, 0.29) is 5.38 Å². The number of halogens is 1. The van der Waals surface area contributed by atoms with Crippen molar-refractivity contribution in [1.29, 1.82) is 0 Å². The van der Waals surface area contributed by atoms with E-state index in [4.69, 9.17) is 11.6 Å². The fraction of sp³-hybridized carbons (Fsp3) is 0.500. The lowest BCUT2D eigenvalue weighted by Crippen LogP contribution is -2.03. The molecule has 0 aliphatic carbocycles. The summed E-state index contributed by atoms with van der Waals surface area (Å²) in [5.41, 5.74) is 1.36. The van der Waals surface area contributed by atoms with Crippen LogP contribution in [0.15, 0.2) is 42.5 Å². The summed E-state index contributed by atoms with van der Waals surface area (Å²) in [5.74, 6) is 0. The van der Waals surface area contributed by atoms with Gasteiger partial charge in [0.1, 0.15) is 0 Å². The van der Waals surface area contributed by atoms with Gasteiger partial charge in [0, 0.05) is 5.38 Å². The van der Waals surface area contributed by atoms with E-state index >= 15 is 0 Å². The number of rotatable bonds is 9. The molecule has 0 aliphatic rings. The van der Waals surface area contributed by atoms with Crippen molar-refractivity contribution in [3.05, 3.63) is 48.0 Å². The van der Waals surface area contributed by atoms with Crippen molar-refractivity contribution in [2.24, 2.45) is 0 Å². The first-order valence-electron chi connectivity index (χ1n) is 8.41. The molecule has 1 heteroatoms. The minimum Gasteiger partial charge on any atom is -0.123 e. The number of benzene rings is 2. The molecule has 0 saturated carbocycles. The molecule has 0 N–H and O–H groups in total. The first kappa shape index (κ1) is 16.4. The van der Waals surface area contributed by atoms with Crippen LogP contribution in [0.5, 0.6) is 0 Å². The van der Waals surface area contributed by atoms with Gasteiger partial charge in [-0.25, -0.2) is 0 Å². The van der Waals surface area contributed by atoms with Gasteiger partial charge >= 0.3 is 0 Å². The number of hydrogen-bond acceptors (Lipinski definition) is 0. The second kappa shape index (κ2) is 9.10. The maximum Gasteiger partial charge on any atom is 0.0376 e. The minimum absolute atomic E-state index is 0.275. The van der Waals surface area contributed by atoms with E-state index in [1.54, 1.807) is 0 Å². The SMILES string of the molecule is CCCCCCCCC(Cl)Cc1ccc2ccccc2c1. The highest BCUT2D eigenvalue weighted by Gasteiger charge is 2.06. The van der Waals surface area contributed by atoms with Crippen LogP contribution in [0.2, 0.25) is 0 Å². The zero-order valence-corrected chi connectivity index (χ0v) is 13.9. The summed E-state index contributed by atoms with van der Waals surface area (Å²) >= 11 is 6.51. The zero-order chi connectivity index (χ0) is 14.9. The first-order valence-corrected chi connectivity index (χ1v) is 8.85. The van der Waals surface area contributed by atoms with Crippen molar-refractivity contribution >= 4 is 22.4 Å². The lowest BCUT2D eigenvalue weighted by atomic mass is 10.0. The summed E-state index contributed by atoms with van der Waals surface area (Å²) in [7, 11) is 0. The van der Waals surface area contributed by atoms with Crippen molar-refractivity contribution in [2.45, 2.75) is 63.7 Å². The highest BCUT2D eigenvalue weighted by Crippen LogP contribution is 2.20. The van der Waals surface area contributed by atoms with E-state index < -0.39 is 0 Å². The molecule has 0 fully saturated rings. The fourth-order valence-corrected chi connectivity index (χ4v) is 3.20. The highest BCUT2D eigenvalue weighted by molar-refractivity contribution is 6.20. The van der Waals surface area contributed by atoms with Crippen molar-refractivity contribution < 1.29 is 0 Å². The Morgan fingerprint density at radius 3 is 2.38 bits per heavy atom. The van der Waals surface area contributed by atoms with Gasteiger partial charge in [-0.1, -0.05) is 87.9 Å². The summed E-state index contributed by atoms with van der Waals surface area (Å²) in [6.45, 7) is 2.26. The molecule has 0 heterocycles. The third kappa shape index (κ3) is 5.71. The topological polar surface area (TPSA) is 0 Å². The summed E-state index contributed by atoms with van der Waals surface area (Å²) in [6.07, 6.45) is 10.2. The molecule has 0 amide bonds. The van der Waals surface area contributed by atoms with Crippen LogP contribution in [0, 0.1) is 0 Å². The second-order valence-electron chi connectivity index (χ2n) is 6.04. The van der Waals surface area contributed by atoms with E-state index in [9.17, 15) is 0 Å². The lowest BCUT2D eigenvalue weighted by molar-refractivity contribution is 0.578. The van der Waals surface area contributed by atoms with E-state index in [0.29, 0.717) is 0 Å². The normalized spacial score (nSPS) is 12.7. The molecule has 1 atom stereocenters. The van der Waals surface area contributed by atoms with Crippen LogP contribution in [0.4, 0.5) is 0 Å². The molecule has 0 radical (unpaired) electrons. The number of alkyl halides is 1. The van der Waals surface area contributed by atoms with Gasteiger partial charge in [-0.05, 0) is 29.2 Å². The Morgan fingerprint density at radius 2 is 1.57 bits per heavy atom. The quantitative estimate of drug-likeness (QED) is 0.355. The van der Waals surface area contributed by atoms with Crippen molar-refractivity contribution in [3.8, 4) is 0 Å². The summed E-state index contributed by atoms with van der Waals surface area (Å²) in [5, 5.41) is 2.90. The van der Waals surface area contributed by atoms with Gasteiger partial charge in [0.15, 0.2) is 0 Å². The van der Waals surface area contributed by atoms with Crippen molar-refractivity contribution in [2.75, 3.05) is 0 Å². The minimum atomic E-state index is 0.275. The van der Waals surface area contributed by atoms with E-state index in [0.717, 1.165) is 12.8 Å². The first-order chi connectivity index (χ1) is 10.3. The molecule has 2 aromatic rings. The lowest BCUT2D eigenvalue weighted by Gasteiger charge is -2.10. The molecule has 0 nitrogen and oxygen atoms in total. The summed E-state index contributed by atoms with van der Waals surface area (Å²) < 4.78 is 0. The maximum atomic E-state index is 6.51. The fourth-order valence-electron chi connectivity index (χ4n) is 2.87. The van der Waals surface area contributed by atoms with Gasteiger partial charge in [-0.15, -0.1) is 11.6 Å². The summed E-state index contributed by atoms with van der Waals surface area (Å²) in [4.78, 5) is 0. The Morgan fingerprint density at radius 1 is 0.857 bits per heavy atom. The number of unbranched alkanes of at least 4 members (excludes halogenated alkanes) is 5. The highest BCUT2D eigenvalue weighted by atomic mass is 35.5. The molecular formula is C20H27Cl. The van der Waals surface area contributed by atoms with Crippen LogP contribution in [-0.4, -0.2) is 5.38 Å². The molecule has 114 valence electrons. The largest absolute Gasteiger partial charge is 0.123 e. The van der Waals surface area contributed by atoms with Gasteiger partial charge < -0.3 is 0 Å². The monoisotopic (exact) mass is 302 g/mol. The standard InChI is InChI=1S/C20H27Cl/c1-2-3-4-5-6-7-12-20(21)16-17-13-14-18-10-8-9-11-19(18)15-17/h8-11,13-15,20H,2-7,12,16H2,1H3. The Kier molecular flexibility index (Phi) is 7.09. The third-order valence-electron chi connectivity index (χ3n) is 4.14. The van der Waals surface area contributed by atoms with Gasteiger partial charge in [0.25, 0.3) is 0 Å². The van der Waals surface area contributed by atoms with Crippen LogP contribution in [0.25, 0.3) is 10.8 Å². The number of fused-ring (bicyclic) bond motifs is 1. The number of hydrogen-bond donors (Lipinski definition) is 0. The molecule has 21 heavy (non-hydrogen) atoms. The predicted molar refractivity (Wildman–Crippen MR) is 95.3 cm³/mol. The van der Waals surface area contributed by atoms with Gasteiger partial charge in [-0.2, -0.15) is 0 Å². The second-order valence-corrected chi connectivity index (χ2v) is 6.66. The van der Waals surface area contributed by atoms with Crippen LogP contribution >= 0.6 is 11.6 Å². The molecule has 1 unspecified atom stereocenters. The molecule has 0 bridgehead atoms. The molecule has 2 rings (SSSR count). The van der Waals surface area contributed by atoms with Gasteiger partial charge in [-0.3, -0.25) is 0 Å². The smallest absolute Gasteiger partial charge is 0.0376 e. The van der Waals surface area contributed by atoms with E-state index in [1.807, 2.05) is 0 Å². The molecule has 0 aromatic heterocycles. The Labute approximate surface area is 134 Å². The van der Waals surface area contributed by atoms with Crippen molar-refractivity contribution in [1.82, 2.24) is 0 Å². The van der Waals surface area contributed by atoms with Crippen molar-refractivity contribution in [3.63, 3.8) is 0 Å². The zero-order valence-electron chi connectivity index (χ0n) is 13.2. The Hall–Kier alpha value is -1.01. The average molecular weight is 303 g/mol.